The molecule has 0 aliphatic rings. The monoisotopic (exact) mass is 319 g/mol. The highest BCUT2D eigenvalue weighted by Crippen LogP contribution is 2.28. The first-order chi connectivity index (χ1) is 10.1. The second-order valence-electron chi connectivity index (χ2n) is 4.85. The van der Waals surface area contributed by atoms with E-state index in [0.717, 1.165) is 12.2 Å². The lowest BCUT2D eigenvalue weighted by atomic mass is 10.1. The minimum atomic E-state index is 0.293. The van der Waals surface area contributed by atoms with Crippen LogP contribution in [0.25, 0.3) is 0 Å². The van der Waals surface area contributed by atoms with Gasteiger partial charge in [0.1, 0.15) is 16.5 Å². The summed E-state index contributed by atoms with van der Waals surface area (Å²) < 4.78 is 5.86. The van der Waals surface area contributed by atoms with Gasteiger partial charge in [0.15, 0.2) is 0 Å². The Morgan fingerprint density at radius 1 is 1.19 bits per heavy atom. The molecular formula is C17H18ClNOS. The molecule has 0 saturated carbocycles. The number of thiocarbonyl (C=S) groups is 1. The van der Waals surface area contributed by atoms with E-state index in [2.05, 4.69) is 19.1 Å². The average Bonchev–Trinajstić information content (AvgIpc) is 2.46. The first kappa shape index (κ1) is 15.8. The van der Waals surface area contributed by atoms with Crippen molar-refractivity contribution in [1.29, 1.82) is 0 Å². The SMILES string of the molecule is CCCCc1ccc(Oc2cc(Cl)ccc2C(N)=S)cc1. The van der Waals surface area contributed by atoms with E-state index in [1.54, 1.807) is 18.2 Å². The Kier molecular flexibility index (Phi) is 5.59. The van der Waals surface area contributed by atoms with Crippen LogP contribution < -0.4 is 10.5 Å². The molecule has 0 aliphatic heterocycles. The molecule has 2 N–H and O–H groups in total. The van der Waals surface area contributed by atoms with Crippen molar-refractivity contribution in [2.75, 3.05) is 0 Å². The largest absolute Gasteiger partial charge is 0.457 e. The lowest BCUT2D eigenvalue weighted by Gasteiger charge is -2.11. The molecule has 110 valence electrons. The molecule has 0 aliphatic carbocycles. The van der Waals surface area contributed by atoms with Gasteiger partial charge in [-0.2, -0.15) is 0 Å². The Balaban J connectivity index is 2.18. The molecule has 2 aromatic rings. The summed E-state index contributed by atoms with van der Waals surface area (Å²) in [6, 6.07) is 13.3. The van der Waals surface area contributed by atoms with E-state index in [1.807, 2.05) is 12.1 Å². The first-order valence-corrected chi connectivity index (χ1v) is 7.75. The molecule has 2 nitrogen and oxygen atoms in total. The van der Waals surface area contributed by atoms with Crippen molar-refractivity contribution in [3.8, 4) is 11.5 Å². The maximum Gasteiger partial charge on any atom is 0.139 e. The normalized spacial score (nSPS) is 10.4. The Morgan fingerprint density at radius 2 is 1.90 bits per heavy atom. The summed E-state index contributed by atoms with van der Waals surface area (Å²) in [5.41, 5.74) is 7.70. The smallest absolute Gasteiger partial charge is 0.139 e. The van der Waals surface area contributed by atoms with E-state index in [1.165, 1.54) is 18.4 Å². The predicted octanol–water partition coefficient (Wildman–Crippen LogP) is 5.11. The molecule has 0 heterocycles. The number of halogens is 1. The van der Waals surface area contributed by atoms with Gasteiger partial charge in [0.2, 0.25) is 0 Å². The summed E-state index contributed by atoms with van der Waals surface area (Å²) >= 11 is 11.0. The van der Waals surface area contributed by atoms with Crippen LogP contribution in [0.1, 0.15) is 30.9 Å². The number of hydrogen-bond acceptors (Lipinski definition) is 2. The van der Waals surface area contributed by atoms with Crippen LogP contribution in [0.4, 0.5) is 0 Å². The van der Waals surface area contributed by atoms with E-state index in [0.29, 0.717) is 21.3 Å². The van der Waals surface area contributed by atoms with Crippen molar-refractivity contribution >= 4 is 28.8 Å². The fourth-order valence-corrected chi connectivity index (χ4v) is 2.35. The summed E-state index contributed by atoms with van der Waals surface area (Å²) in [5.74, 6) is 1.33. The Bertz CT molecular complexity index is 625. The fraction of sp³-hybridized carbons (Fsp3) is 0.235. The fourth-order valence-electron chi connectivity index (χ4n) is 2.02. The number of ether oxygens (including phenoxy) is 1. The lowest BCUT2D eigenvalue weighted by Crippen LogP contribution is -2.10. The van der Waals surface area contributed by atoms with Gasteiger partial charge in [-0.1, -0.05) is 49.3 Å². The summed E-state index contributed by atoms with van der Waals surface area (Å²) in [7, 11) is 0. The Labute approximate surface area is 135 Å². The molecular weight excluding hydrogens is 302 g/mol. The van der Waals surface area contributed by atoms with Crippen LogP contribution in [0.3, 0.4) is 0 Å². The maximum atomic E-state index is 6.01. The van der Waals surface area contributed by atoms with Gasteiger partial charge in [-0.15, -0.1) is 0 Å². The molecule has 0 saturated heterocycles. The molecule has 0 bridgehead atoms. The van der Waals surface area contributed by atoms with Crippen LogP contribution in [0, 0.1) is 0 Å². The Hall–Kier alpha value is -1.58. The zero-order valence-corrected chi connectivity index (χ0v) is 13.5. The van der Waals surface area contributed by atoms with Crippen molar-refractivity contribution in [2.45, 2.75) is 26.2 Å². The Morgan fingerprint density at radius 3 is 2.52 bits per heavy atom. The second-order valence-corrected chi connectivity index (χ2v) is 5.73. The topological polar surface area (TPSA) is 35.2 Å². The van der Waals surface area contributed by atoms with Crippen molar-refractivity contribution in [3.63, 3.8) is 0 Å². The van der Waals surface area contributed by atoms with Crippen LogP contribution in [0.15, 0.2) is 42.5 Å². The molecule has 2 aromatic carbocycles. The summed E-state index contributed by atoms with van der Waals surface area (Å²) in [4.78, 5) is 0.293. The second kappa shape index (κ2) is 7.43. The molecule has 0 unspecified atom stereocenters. The molecule has 0 fully saturated rings. The van der Waals surface area contributed by atoms with Gasteiger partial charge in [0.05, 0.1) is 5.56 Å². The lowest BCUT2D eigenvalue weighted by molar-refractivity contribution is 0.481. The molecule has 0 spiro atoms. The third-order valence-electron chi connectivity index (χ3n) is 3.18. The van der Waals surface area contributed by atoms with E-state index in [4.69, 9.17) is 34.3 Å². The maximum absolute atomic E-state index is 6.01. The van der Waals surface area contributed by atoms with Crippen LogP contribution in [-0.2, 0) is 6.42 Å². The molecule has 2 rings (SSSR count). The van der Waals surface area contributed by atoms with Gasteiger partial charge in [-0.05, 0) is 42.7 Å². The summed E-state index contributed by atoms with van der Waals surface area (Å²) in [6.07, 6.45) is 3.48. The molecule has 4 heteroatoms. The van der Waals surface area contributed by atoms with Crippen molar-refractivity contribution < 1.29 is 4.74 Å². The van der Waals surface area contributed by atoms with Gasteiger partial charge in [0, 0.05) is 11.1 Å². The van der Waals surface area contributed by atoms with Crippen LogP contribution in [0.2, 0.25) is 5.02 Å². The highest BCUT2D eigenvalue weighted by Gasteiger charge is 2.08. The zero-order chi connectivity index (χ0) is 15.2. The summed E-state index contributed by atoms with van der Waals surface area (Å²) in [6.45, 7) is 2.19. The van der Waals surface area contributed by atoms with Gasteiger partial charge >= 0.3 is 0 Å². The van der Waals surface area contributed by atoms with Crippen LogP contribution in [0.5, 0.6) is 11.5 Å². The molecule has 0 atom stereocenters. The van der Waals surface area contributed by atoms with E-state index in [-0.39, 0.29) is 0 Å². The number of unbranched alkanes of at least 4 members (excludes halogenated alkanes) is 1. The van der Waals surface area contributed by atoms with Gasteiger partial charge < -0.3 is 10.5 Å². The quantitative estimate of drug-likeness (QED) is 0.751. The van der Waals surface area contributed by atoms with Crippen LogP contribution >= 0.6 is 23.8 Å². The number of rotatable bonds is 6. The predicted molar refractivity (Wildman–Crippen MR) is 92.5 cm³/mol. The minimum Gasteiger partial charge on any atom is -0.457 e. The number of nitrogens with two attached hydrogens (primary N) is 1. The van der Waals surface area contributed by atoms with Gasteiger partial charge in [-0.25, -0.2) is 0 Å². The van der Waals surface area contributed by atoms with Crippen molar-refractivity contribution in [1.82, 2.24) is 0 Å². The number of hydrogen-bond donors (Lipinski definition) is 1. The average molecular weight is 320 g/mol. The van der Waals surface area contributed by atoms with E-state index in [9.17, 15) is 0 Å². The van der Waals surface area contributed by atoms with Gasteiger partial charge in [-0.3, -0.25) is 0 Å². The van der Waals surface area contributed by atoms with Crippen molar-refractivity contribution in [2.24, 2.45) is 5.73 Å². The zero-order valence-electron chi connectivity index (χ0n) is 11.9. The van der Waals surface area contributed by atoms with E-state index >= 15 is 0 Å². The first-order valence-electron chi connectivity index (χ1n) is 6.96. The molecule has 0 amide bonds. The third-order valence-corrected chi connectivity index (χ3v) is 3.63. The summed E-state index contributed by atoms with van der Waals surface area (Å²) in [5, 5.41) is 0.588. The van der Waals surface area contributed by atoms with E-state index < -0.39 is 0 Å². The highest BCUT2D eigenvalue weighted by molar-refractivity contribution is 7.80. The minimum absolute atomic E-state index is 0.293. The number of aryl methyl sites for hydroxylation is 1. The van der Waals surface area contributed by atoms with Crippen molar-refractivity contribution in [3.05, 3.63) is 58.6 Å². The molecule has 0 aromatic heterocycles. The third kappa shape index (κ3) is 4.45. The standard InChI is InChI=1S/C17H18ClNOS/c1-2-3-4-12-5-8-14(9-6-12)20-16-11-13(18)7-10-15(16)17(19)21/h5-11H,2-4H2,1H3,(H2,19,21). The highest BCUT2D eigenvalue weighted by atomic mass is 35.5. The van der Waals surface area contributed by atoms with Gasteiger partial charge in [0.25, 0.3) is 0 Å². The number of benzene rings is 2. The van der Waals surface area contributed by atoms with Crippen LogP contribution in [-0.4, -0.2) is 4.99 Å². The molecule has 0 radical (unpaired) electrons. The molecule has 21 heavy (non-hydrogen) atoms.